The maximum Gasteiger partial charge on any atom is 1.00 e. The first kappa shape index (κ1) is 40.1. The van der Waals surface area contributed by atoms with Crippen LogP contribution in [0.1, 0.15) is 6.92 Å². The van der Waals surface area contributed by atoms with Gasteiger partial charge in [0.1, 0.15) is 11.0 Å². The number of fused-ring (bicyclic) bond motifs is 2. The van der Waals surface area contributed by atoms with Crippen LogP contribution in [0.4, 0.5) is 0 Å². The molecule has 8 rings (SSSR count). The number of carbonyl (C=O) groups excluding carboxylic acids is 3. The molecule has 20 heteroatoms. The molecule has 4 heterocycles. The Kier molecular flexibility index (Phi) is 14.2. The van der Waals surface area contributed by atoms with Crippen molar-refractivity contribution in [3.63, 3.8) is 0 Å². The van der Waals surface area contributed by atoms with E-state index in [0.717, 1.165) is 54.3 Å². The van der Waals surface area contributed by atoms with E-state index in [1.165, 1.54) is 4.68 Å². The van der Waals surface area contributed by atoms with Gasteiger partial charge in [0.05, 0.1) is 22.2 Å². The maximum absolute atomic E-state index is 10.3. The molecular weight excluding hydrogens is 815 g/mol. The van der Waals surface area contributed by atoms with Gasteiger partial charge in [0.25, 0.3) is 18.3 Å². The van der Waals surface area contributed by atoms with Gasteiger partial charge < -0.3 is 19.3 Å². The van der Waals surface area contributed by atoms with Crippen LogP contribution in [0.2, 0.25) is 0 Å². The molecule has 0 spiro atoms. The fourth-order valence-electron chi connectivity index (χ4n) is 4.82. The van der Waals surface area contributed by atoms with Crippen molar-refractivity contribution in [2.24, 2.45) is 0 Å². The molecule has 0 aliphatic heterocycles. The van der Waals surface area contributed by atoms with Crippen LogP contribution in [0.15, 0.2) is 103 Å². The molecule has 0 saturated carbocycles. The zero-order valence-corrected chi connectivity index (χ0v) is 30.9. The number of benzene rings is 4. The molecule has 0 fully saturated rings. The van der Waals surface area contributed by atoms with Crippen molar-refractivity contribution in [1.82, 2.24) is 50.3 Å². The average Bonchev–Trinajstić information content (AvgIpc) is 3.98. The largest absolute Gasteiger partial charge is 1.00 e. The number of ether oxygens (including phenoxy) is 1. The summed E-state index contributed by atoms with van der Waals surface area (Å²) in [6.07, 6.45) is 0.250. The predicted octanol–water partition coefficient (Wildman–Crippen LogP) is 3.22. The van der Waals surface area contributed by atoms with Crippen LogP contribution >= 0.6 is 31.9 Å². The molecule has 0 aliphatic rings. The summed E-state index contributed by atoms with van der Waals surface area (Å²) in [6, 6.07) is 26.6. The van der Waals surface area contributed by atoms with Crippen LogP contribution in [0.3, 0.4) is 0 Å². The molecule has 0 amide bonds. The number of nitrogens with zero attached hydrogens (tertiary/aromatic N) is 10. The minimum absolute atomic E-state index is 0. The predicted molar refractivity (Wildman–Crippen MR) is 188 cm³/mol. The Labute approximate surface area is 327 Å². The average molecular weight is 838 g/mol. The normalized spacial score (nSPS) is 10.2. The van der Waals surface area contributed by atoms with Crippen LogP contribution in [0.5, 0.6) is 0 Å². The number of halogens is 2. The van der Waals surface area contributed by atoms with Gasteiger partial charge in [-0.3, -0.25) is 4.79 Å². The number of aromatic nitrogens is 10. The summed E-state index contributed by atoms with van der Waals surface area (Å²) in [6.45, 7) is 3.19. The zero-order valence-electron chi connectivity index (χ0n) is 27.7. The molecule has 17 nitrogen and oxygen atoms in total. The Morgan fingerprint density at radius 2 is 1.19 bits per heavy atom. The SMILES string of the molecule is CCn1nnc2cc(-c3noc(-c4ccccc4Br)n3)ccc21.O=C=O.O=COCn1nnc2cc(-c3noc(-c4ccccc4Br)n3)ccc21.[Li+].[OH-]. The van der Waals surface area contributed by atoms with Gasteiger partial charge in [0.15, 0.2) is 6.73 Å². The number of hydrogen-bond donors (Lipinski definition) is 0. The Balaban J connectivity index is 0.000000214. The fraction of sp³-hybridized carbons (Fsp3) is 0.0909. The summed E-state index contributed by atoms with van der Waals surface area (Å²) >= 11 is 6.96. The van der Waals surface area contributed by atoms with Crippen molar-refractivity contribution in [1.29, 1.82) is 0 Å². The molecule has 4 aromatic carbocycles. The first-order valence-electron chi connectivity index (χ1n) is 14.8. The molecule has 0 saturated heterocycles. The van der Waals surface area contributed by atoms with Crippen molar-refractivity contribution in [2.45, 2.75) is 20.2 Å². The Hall–Kier alpha value is -5.67. The van der Waals surface area contributed by atoms with E-state index in [2.05, 4.69) is 72.8 Å². The van der Waals surface area contributed by atoms with E-state index in [1.807, 2.05) is 90.5 Å². The molecule has 0 aliphatic carbocycles. The van der Waals surface area contributed by atoms with Crippen molar-refractivity contribution < 1.29 is 52.5 Å². The summed E-state index contributed by atoms with van der Waals surface area (Å²) in [4.78, 5) is 35.5. The molecule has 4 aromatic heterocycles. The molecule has 0 radical (unpaired) electrons. The van der Waals surface area contributed by atoms with Gasteiger partial charge in [-0.25, -0.2) is 9.36 Å². The van der Waals surface area contributed by atoms with E-state index in [9.17, 15) is 4.79 Å². The molecule has 53 heavy (non-hydrogen) atoms. The third-order valence-electron chi connectivity index (χ3n) is 7.17. The molecule has 262 valence electrons. The summed E-state index contributed by atoms with van der Waals surface area (Å²) in [5.74, 6) is 1.88. The minimum Gasteiger partial charge on any atom is -0.870 e. The van der Waals surface area contributed by atoms with Crippen molar-refractivity contribution >= 4 is 66.6 Å². The third-order valence-corrected chi connectivity index (χ3v) is 8.55. The molecular formula is C33H23Br2LiN10O7. The summed E-state index contributed by atoms with van der Waals surface area (Å²) in [5.41, 5.74) is 6.46. The van der Waals surface area contributed by atoms with Gasteiger partial charge in [-0.15, -0.1) is 10.2 Å². The maximum atomic E-state index is 10.3. The standard InChI is InChI=1S/C16H10BrN5O3.C16H12BrN5O.CO2.Li.H2O/c17-12-4-2-1-3-11(12)16-18-15(20-25-16)10-5-6-14-13(7-10)19-21-22(14)8-24-9-23;1-2-22-14-8-7-10(9-13(14)19-21-22)15-18-16(23-20-15)11-5-3-4-6-12(11)17;2-1-3;;/h1-7,9H,8H2;3-9H,2H2,1H3;;;1H2/q;;;+1;/p-1. The van der Waals surface area contributed by atoms with Crippen LogP contribution in [0.25, 0.3) is 67.8 Å². The molecule has 1 N–H and O–H groups in total. The minimum atomic E-state index is 0. The second-order valence-corrected chi connectivity index (χ2v) is 11.9. The molecule has 8 aromatic rings. The number of aryl methyl sites for hydroxylation is 1. The van der Waals surface area contributed by atoms with Crippen LogP contribution in [-0.2, 0) is 32.4 Å². The van der Waals surface area contributed by atoms with Gasteiger partial charge in [0.2, 0.25) is 11.6 Å². The van der Waals surface area contributed by atoms with Gasteiger partial charge in [-0.05, 0) is 99.4 Å². The first-order valence-corrected chi connectivity index (χ1v) is 16.4. The summed E-state index contributed by atoms with van der Waals surface area (Å²) in [7, 11) is 0. The molecule has 0 bridgehead atoms. The van der Waals surface area contributed by atoms with Crippen LogP contribution in [0, 0.1) is 0 Å². The van der Waals surface area contributed by atoms with E-state index in [4.69, 9.17) is 23.4 Å². The number of carbonyl (C=O) groups is 1. The van der Waals surface area contributed by atoms with Crippen molar-refractivity contribution in [3.05, 3.63) is 93.9 Å². The van der Waals surface area contributed by atoms with Gasteiger partial charge in [-0.2, -0.15) is 19.6 Å². The molecule has 0 unspecified atom stereocenters. The van der Waals surface area contributed by atoms with E-state index >= 15 is 0 Å². The van der Waals surface area contributed by atoms with E-state index < -0.39 is 0 Å². The number of hydrogen-bond acceptors (Lipinski definition) is 15. The van der Waals surface area contributed by atoms with Gasteiger partial charge in [0, 0.05) is 26.6 Å². The zero-order chi connectivity index (χ0) is 35.7. The van der Waals surface area contributed by atoms with Gasteiger partial charge in [-0.1, -0.05) is 45.0 Å². The topological polar surface area (TPSA) is 230 Å². The first-order chi connectivity index (χ1) is 24.9. The second-order valence-electron chi connectivity index (χ2n) is 10.2. The van der Waals surface area contributed by atoms with Crippen molar-refractivity contribution in [3.8, 4) is 45.7 Å². The number of rotatable bonds is 8. The smallest absolute Gasteiger partial charge is 0.870 e. The Morgan fingerprint density at radius 3 is 1.64 bits per heavy atom. The fourth-order valence-corrected chi connectivity index (χ4v) is 5.73. The monoisotopic (exact) mass is 836 g/mol. The second kappa shape index (κ2) is 18.7. The molecule has 0 atom stereocenters. The van der Waals surface area contributed by atoms with Crippen LogP contribution in [-0.4, -0.2) is 68.4 Å². The summed E-state index contributed by atoms with van der Waals surface area (Å²) < 4.78 is 20.6. The van der Waals surface area contributed by atoms with Crippen LogP contribution < -0.4 is 18.9 Å². The van der Waals surface area contributed by atoms with Gasteiger partial charge >= 0.3 is 25.0 Å². The van der Waals surface area contributed by atoms with E-state index in [-0.39, 0.29) is 37.2 Å². The van der Waals surface area contributed by atoms with E-state index in [0.29, 0.717) is 35.4 Å². The van der Waals surface area contributed by atoms with E-state index in [1.54, 1.807) is 6.07 Å². The summed E-state index contributed by atoms with van der Waals surface area (Å²) in [5, 5.41) is 24.4. The third kappa shape index (κ3) is 9.04. The Morgan fingerprint density at radius 1 is 0.736 bits per heavy atom. The quantitative estimate of drug-likeness (QED) is 0.158. The Bertz CT molecular complexity index is 2500. The van der Waals surface area contributed by atoms with Crippen molar-refractivity contribution in [2.75, 3.05) is 0 Å².